The van der Waals surface area contributed by atoms with Crippen molar-refractivity contribution >= 4 is 17.9 Å². The average molecular weight is 315 g/mol. The van der Waals surface area contributed by atoms with Gasteiger partial charge in [0, 0.05) is 30.4 Å². The van der Waals surface area contributed by atoms with E-state index in [0.717, 1.165) is 30.1 Å². The van der Waals surface area contributed by atoms with Gasteiger partial charge in [0.15, 0.2) is 0 Å². The van der Waals surface area contributed by atoms with E-state index in [4.69, 9.17) is 4.74 Å². The SMILES string of the molecule is C=CCOc1cc(N(CC)CC)ccc1/C=N\Nc1nn[nH]n1. The van der Waals surface area contributed by atoms with Crippen molar-refractivity contribution in [3.63, 3.8) is 0 Å². The highest BCUT2D eigenvalue weighted by atomic mass is 16.5. The summed E-state index contributed by atoms with van der Waals surface area (Å²) in [4.78, 5) is 2.25. The zero-order valence-corrected chi connectivity index (χ0v) is 13.4. The van der Waals surface area contributed by atoms with E-state index in [0.29, 0.717) is 12.6 Å². The molecule has 2 N–H and O–H groups in total. The fraction of sp³-hybridized carbons (Fsp3) is 0.333. The third kappa shape index (κ3) is 4.53. The Bertz CT molecular complexity index is 635. The summed E-state index contributed by atoms with van der Waals surface area (Å²) in [6, 6.07) is 6.02. The van der Waals surface area contributed by atoms with Gasteiger partial charge in [-0.05, 0) is 31.2 Å². The van der Waals surface area contributed by atoms with Crippen LogP contribution in [0.3, 0.4) is 0 Å². The molecule has 1 aromatic carbocycles. The highest BCUT2D eigenvalue weighted by Crippen LogP contribution is 2.25. The third-order valence-corrected chi connectivity index (χ3v) is 3.20. The summed E-state index contributed by atoms with van der Waals surface area (Å²) in [6.07, 6.45) is 3.36. The number of benzene rings is 1. The quantitative estimate of drug-likeness (QED) is 0.418. The van der Waals surface area contributed by atoms with Gasteiger partial charge in [0.05, 0.1) is 6.21 Å². The predicted octanol–water partition coefficient (Wildman–Crippen LogP) is 2.06. The number of aromatic nitrogens is 4. The lowest BCUT2D eigenvalue weighted by atomic mass is 10.2. The van der Waals surface area contributed by atoms with Gasteiger partial charge in [-0.15, -0.1) is 5.10 Å². The zero-order chi connectivity index (χ0) is 16.5. The largest absolute Gasteiger partial charge is 0.489 e. The summed E-state index contributed by atoms with van der Waals surface area (Å²) in [6.45, 7) is 10.2. The molecule has 0 atom stereocenters. The number of rotatable bonds is 9. The molecule has 122 valence electrons. The second kappa shape index (κ2) is 8.52. The molecule has 23 heavy (non-hydrogen) atoms. The number of aromatic amines is 1. The summed E-state index contributed by atoms with van der Waals surface area (Å²) in [5.41, 5.74) is 4.64. The predicted molar refractivity (Wildman–Crippen MR) is 91.1 cm³/mol. The van der Waals surface area contributed by atoms with Crippen molar-refractivity contribution in [2.75, 3.05) is 30.0 Å². The number of hydrazone groups is 1. The Morgan fingerprint density at radius 1 is 1.39 bits per heavy atom. The van der Waals surface area contributed by atoms with Gasteiger partial charge in [-0.25, -0.2) is 5.43 Å². The first-order chi connectivity index (χ1) is 11.3. The van der Waals surface area contributed by atoms with Gasteiger partial charge >= 0.3 is 0 Å². The van der Waals surface area contributed by atoms with E-state index < -0.39 is 0 Å². The molecular weight excluding hydrogens is 294 g/mol. The minimum Gasteiger partial charge on any atom is -0.489 e. The third-order valence-electron chi connectivity index (χ3n) is 3.20. The molecule has 1 heterocycles. The van der Waals surface area contributed by atoms with E-state index in [1.165, 1.54) is 0 Å². The molecule has 8 nitrogen and oxygen atoms in total. The summed E-state index contributed by atoms with van der Waals surface area (Å²) in [5, 5.41) is 17.4. The summed E-state index contributed by atoms with van der Waals surface area (Å²) < 4.78 is 5.74. The maximum Gasteiger partial charge on any atom is 0.283 e. The van der Waals surface area contributed by atoms with E-state index >= 15 is 0 Å². The van der Waals surface area contributed by atoms with Crippen LogP contribution in [0.5, 0.6) is 5.75 Å². The van der Waals surface area contributed by atoms with Crippen molar-refractivity contribution in [3.8, 4) is 5.75 Å². The Labute approximate surface area is 135 Å². The van der Waals surface area contributed by atoms with Gasteiger partial charge in [0.25, 0.3) is 5.95 Å². The lowest BCUT2D eigenvalue weighted by molar-refractivity contribution is 0.363. The van der Waals surface area contributed by atoms with Crippen LogP contribution in [0, 0.1) is 0 Å². The van der Waals surface area contributed by atoms with Crippen LogP contribution >= 0.6 is 0 Å². The van der Waals surface area contributed by atoms with Gasteiger partial charge < -0.3 is 9.64 Å². The monoisotopic (exact) mass is 315 g/mol. The molecule has 0 spiro atoms. The Morgan fingerprint density at radius 3 is 2.87 bits per heavy atom. The van der Waals surface area contributed by atoms with Gasteiger partial charge in [-0.3, -0.25) is 0 Å². The molecule has 8 heteroatoms. The molecule has 0 unspecified atom stereocenters. The number of hydrogen-bond acceptors (Lipinski definition) is 7. The van der Waals surface area contributed by atoms with Gasteiger partial charge in [-0.1, -0.05) is 17.8 Å². The molecule has 0 aliphatic rings. The second-order valence-corrected chi connectivity index (χ2v) is 4.60. The van der Waals surface area contributed by atoms with Crippen molar-refractivity contribution in [2.24, 2.45) is 5.10 Å². The van der Waals surface area contributed by atoms with Crippen LogP contribution in [0.15, 0.2) is 36.0 Å². The highest BCUT2D eigenvalue weighted by Gasteiger charge is 2.07. The molecule has 2 aromatic rings. The molecule has 0 aliphatic heterocycles. The van der Waals surface area contributed by atoms with Crippen molar-refractivity contribution in [1.29, 1.82) is 0 Å². The number of H-pyrrole nitrogens is 1. The van der Waals surface area contributed by atoms with Crippen molar-refractivity contribution < 1.29 is 4.74 Å². The molecule has 0 fully saturated rings. The number of tetrazole rings is 1. The molecule has 1 aromatic heterocycles. The molecule has 2 rings (SSSR count). The van der Waals surface area contributed by atoms with Crippen molar-refractivity contribution in [2.45, 2.75) is 13.8 Å². The normalized spacial score (nSPS) is 10.7. The van der Waals surface area contributed by atoms with Crippen LogP contribution in [0.4, 0.5) is 11.6 Å². The van der Waals surface area contributed by atoms with E-state index in [1.54, 1.807) is 12.3 Å². The van der Waals surface area contributed by atoms with E-state index in [1.807, 2.05) is 18.2 Å². The summed E-state index contributed by atoms with van der Waals surface area (Å²) in [5.74, 6) is 1.04. The number of anilines is 2. The molecule has 0 radical (unpaired) electrons. The molecular formula is C15H21N7O. The van der Waals surface area contributed by atoms with Crippen LogP contribution in [0.25, 0.3) is 0 Å². The Balaban J connectivity index is 2.19. The lowest BCUT2D eigenvalue weighted by Crippen LogP contribution is -2.21. The molecule has 0 bridgehead atoms. The van der Waals surface area contributed by atoms with Crippen LogP contribution in [0.2, 0.25) is 0 Å². The Kier molecular flexibility index (Phi) is 6.10. The molecule has 0 amide bonds. The number of hydrogen-bond donors (Lipinski definition) is 2. The topological polar surface area (TPSA) is 91.3 Å². The zero-order valence-electron chi connectivity index (χ0n) is 13.4. The molecule has 0 saturated heterocycles. The number of nitrogens with zero attached hydrogens (tertiary/aromatic N) is 5. The number of ether oxygens (including phenoxy) is 1. The van der Waals surface area contributed by atoms with Crippen LogP contribution < -0.4 is 15.1 Å². The maximum atomic E-state index is 5.74. The minimum absolute atomic E-state index is 0.301. The van der Waals surface area contributed by atoms with Crippen molar-refractivity contribution in [1.82, 2.24) is 20.6 Å². The molecule has 0 saturated carbocycles. The fourth-order valence-electron chi connectivity index (χ4n) is 2.06. The minimum atomic E-state index is 0.301. The van der Waals surface area contributed by atoms with Gasteiger partial charge in [-0.2, -0.15) is 10.3 Å². The van der Waals surface area contributed by atoms with E-state index in [2.05, 4.69) is 56.5 Å². The average Bonchev–Trinajstić information content (AvgIpc) is 3.09. The van der Waals surface area contributed by atoms with Crippen molar-refractivity contribution in [3.05, 3.63) is 36.4 Å². The first-order valence-corrected chi connectivity index (χ1v) is 7.43. The highest BCUT2D eigenvalue weighted by molar-refractivity contribution is 5.85. The fourth-order valence-corrected chi connectivity index (χ4v) is 2.06. The number of nitrogens with one attached hydrogen (secondary N) is 2. The van der Waals surface area contributed by atoms with Crippen LogP contribution in [-0.4, -0.2) is 46.5 Å². The first-order valence-electron chi connectivity index (χ1n) is 7.43. The van der Waals surface area contributed by atoms with Crippen LogP contribution in [0.1, 0.15) is 19.4 Å². The smallest absolute Gasteiger partial charge is 0.283 e. The molecule has 0 aliphatic carbocycles. The standard InChI is InChI=1S/C15H21N7O/c1-4-9-23-14-10-13(22(5-2)6-3)8-7-12(14)11-16-17-15-18-20-21-19-15/h4,7-8,10-11H,1,5-6,9H2,2-3H3,(H2,17,18,19,20,21)/b16-11-. The Hall–Kier alpha value is -2.90. The van der Waals surface area contributed by atoms with E-state index in [-0.39, 0.29) is 0 Å². The summed E-state index contributed by atoms with van der Waals surface area (Å²) in [7, 11) is 0. The van der Waals surface area contributed by atoms with Crippen LogP contribution in [-0.2, 0) is 0 Å². The first kappa shape index (κ1) is 16.5. The van der Waals surface area contributed by atoms with E-state index in [9.17, 15) is 0 Å². The second-order valence-electron chi connectivity index (χ2n) is 4.60. The van der Waals surface area contributed by atoms with Gasteiger partial charge in [0.2, 0.25) is 0 Å². The Morgan fingerprint density at radius 2 is 2.22 bits per heavy atom. The lowest BCUT2D eigenvalue weighted by Gasteiger charge is -2.22. The summed E-state index contributed by atoms with van der Waals surface area (Å²) >= 11 is 0. The maximum absolute atomic E-state index is 5.74. The van der Waals surface area contributed by atoms with Gasteiger partial charge in [0.1, 0.15) is 12.4 Å².